The van der Waals surface area contributed by atoms with Crippen LogP contribution in [0.1, 0.15) is 58.3 Å². The average molecular weight is 192 g/mol. The van der Waals surface area contributed by atoms with Crippen molar-refractivity contribution in [1.29, 1.82) is 0 Å². The van der Waals surface area contributed by atoms with E-state index in [1.165, 1.54) is 32.1 Å². The lowest BCUT2D eigenvalue weighted by Crippen LogP contribution is -2.19. The van der Waals surface area contributed by atoms with Crippen LogP contribution in [0.25, 0.3) is 0 Å². The lowest BCUT2D eigenvalue weighted by Gasteiger charge is -2.29. The topological polar surface area (TPSA) is 17.1 Å². The van der Waals surface area contributed by atoms with Crippen molar-refractivity contribution in [2.45, 2.75) is 58.3 Å². The monoisotopic (exact) mass is 192 g/mol. The zero-order chi connectivity index (χ0) is 10.0. The molecule has 2 saturated carbocycles. The summed E-state index contributed by atoms with van der Waals surface area (Å²) in [5.74, 6) is 0.492. The summed E-state index contributed by atoms with van der Waals surface area (Å²) in [6, 6.07) is 0. The normalized spacial score (nSPS) is 36.6. The first-order chi connectivity index (χ1) is 6.77. The maximum atomic E-state index is 11.5. The van der Waals surface area contributed by atoms with Gasteiger partial charge in [-0.2, -0.15) is 0 Å². The van der Waals surface area contributed by atoms with Crippen molar-refractivity contribution >= 4 is 5.78 Å². The van der Waals surface area contributed by atoms with E-state index in [0.717, 1.165) is 19.3 Å². The molecule has 1 unspecified atom stereocenters. The Morgan fingerprint density at radius 2 is 2.00 bits per heavy atom. The number of Topliss-reactive ketones (excluding diaryl/α,β-unsaturated/α-hetero) is 1. The first-order valence-electron chi connectivity index (χ1n) is 5.94. The Morgan fingerprint density at radius 1 is 1.14 bits per heavy atom. The summed E-state index contributed by atoms with van der Waals surface area (Å²) in [5.41, 5.74) is 1.89. The molecule has 0 aromatic rings. The lowest BCUT2D eigenvalue weighted by atomic mass is 9.75. The molecule has 0 aromatic carbocycles. The largest absolute Gasteiger partial charge is 0.300 e. The Bertz CT molecular complexity index is 264. The van der Waals surface area contributed by atoms with E-state index in [1.807, 2.05) is 0 Å². The van der Waals surface area contributed by atoms with Crippen LogP contribution in [0.3, 0.4) is 0 Å². The van der Waals surface area contributed by atoms with Crippen LogP contribution in [0.2, 0.25) is 0 Å². The lowest BCUT2D eigenvalue weighted by molar-refractivity contribution is -0.117. The molecule has 0 heterocycles. The molecular formula is C13H20O. The van der Waals surface area contributed by atoms with Gasteiger partial charge in [0.15, 0.2) is 0 Å². The first-order valence-corrected chi connectivity index (χ1v) is 5.94. The Hall–Kier alpha value is -0.590. The van der Waals surface area contributed by atoms with Crippen molar-refractivity contribution in [2.24, 2.45) is 5.41 Å². The number of hydrogen-bond acceptors (Lipinski definition) is 1. The van der Waals surface area contributed by atoms with Gasteiger partial charge in [0.05, 0.1) is 0 Å². The van der Waals surface area contributed by atoms with Crippen molar-refractivity contribution in [2.75, 3.05) is 0 Å². The van der Waals surface area contributed by atoms with E-state index in [9.17, 15) is 4.79 Å². The van der Waals surface area contributed by atoms with Gasteiger partial charge < -0.3 is 0 Å². The molecular weight excluding hydrogens is 172 g/mol. The third kappa shape index (κ3) is 1.65. The minimum absolute atomic E-state index is 0.308. The summed E-state index contributed by atoms with van der Waals surface area (Å²) in [4.78, 5) is 11.5. The summed E-state index contributed by atoms with van der Waals surface area (Å²) in [7, 11) is 0. The van der Waals surface area contributed by atoms with E-state index in [0.29, 0.717) is 11.2 Å². The fourth-order valence-electron chi connectivity index (χ4n) is 3.25. The second-order valence-electron chi connectivity index (χ2n) is 4.87. The number of rotatable bonds is 0. The third-order valence-electron chi connectivity index (χ3n) is 4.05. The average Bonchev–Trinajstić information content (AvgIpc) is 2.45. The van der Waals surface area contributed by atoms with Crippen LogP contribution in [0.15, 0.2) is 11.6 Å². The predicted molar refractivity (Wildman–Crippen MR) is 58.1 cm³/mol. The van der Waals surface area contributed by atoms with Gasteiger partial charge in [0, 0.05) is 12.8 Å². The number of allylic oxidation sites excluding steroid dienone is 2. The molecule has 78 valence electrons. The first kappa shape index (κ1) is 9.95. The molecule has 14 heavy (non-hydrogen) atoms. The van der Waals surface area contributed by atoms with E-state index in [1.54, 1.807) is 5.57 Å². The van der Waals surface area contributed by atoms with Gasteiger partial charge in [0.2, 0.25) is 0 Å². The molecule has 1 heteroatoms. The fraction of sp³-hybridized carbons (Fsp3) is 0.769. The number of carbonyl (C=O) groups is 1. The van der Waals surface area contributed by atoms with Crippen LogP contribution >= 0.6 is 0 Å². The molecule has 0 radical (unpaired) electrons. The highest BCUT2D eigenvalue weighted by atomic mass is 16.1. The summed E-state index contributed by atoms with van der Waals surface area (Å²) in [6.07, 6.45) is 11.6. The van der Waals surface area contributed by atoms with Crippen molar-refractivity contribution in [3.8, 4) is 0 Å². The van der Waals surface area contributed by atoms with Crippen LogP contribution in [0.5, 0.6) is 0 Å². The molecule has 1 nitrogen and oxygen atoms in total. The Morgan fingerprint density at radius 3 is 2.64 bits per heavy atom. The van der Waals surface area contributed by atoms with E-state index in [4.69, 9.17) is 0 Å². The zero-order valence-corrected chi connectivity index (χ0v) is 9.14. The summed E-state index contributed by atoms with van der Waals surface area (Å²) >= 11 is 0. The molecule has 1 spiro atoms. The second kappa shape index (κ2) is 3.88. The third-order valence-corrected chi connectivity index (χ3v) is 4.05. The van der Waals surface area contributed by atoms with Crippen molar-refractivity contribution < 1.29 is 4.79 Å². The molecule has 2 aliphatic carbocycles. The molecule has 2 fully saturated rings. The molecule has 1 atom stereocenters. The van der Waals surface area contributed by atoms with E-state index in [2.05, 4.69) is 13.0 Å². The fourth-order valence-corrected chi connectivity index (χ4v) is 3.25. The Kier molecular flexibility index (Phi) is 2.76. The van der Waals surface area contributed by atoms with Gasteiger partial charge in [0.25, 0.3) is 0 Å². The number of carbonyl (C=O) groups excluding carboxylic acids is 1. The SMILES string of the molecule is C/C=C1/CCCCCC12CCC(=O)C2. The van der Waals surface area contributed by atoms with E-state index >= 15 is 0 Å². The van der Waals surface area contributed by atoms with Gasteiger partial charge in [-0.3, -0.25) is 4.79 Å². The highest BCUT2D eigenvalue weighted by molar-refractivity contribution is 5.82. The zero-order valence-electron chi connectivity index (χ0n) is 9.14. The molecule has 2 aliphatic rings. The number of hydrogen-bond donors (Lipinski definition) is 0. The van der Waals surface area contributed by atoms with Crippen LogP contribution < -0.4 is 0 Å². The van der Waals surface area contributed by atoms with Crippen LogP contribution in [-0.4, -0.2) is 5.78 Å². The van der Waals surface area contributed by atoms with Crippen LogP contribution in [0.4, 0.5) is 0 Å². The van der Waals surface area contributed by atoms with E-state index < -0.39 is 0 Å². The Labute approximate surface area is 86.6 Å². The molecule has 0 aliphatic heterocycles. The summed E-state index contributed by atoms with van der Waals surface area (Å²) in [6.45, 7) is 2.14. The smallest absolute Gasteiger partial charge is 0.133 e. The maximum absolute atomic E-state index is 11.5. The maximum Gasteiger partial charge on any atom is 0.133 e. The van der Waals surface area contributed by atoms with Gasteiger partial charge in [-0.25, -0.2) is 0 Å². The summed E-state index contributed by atoms with van der Waals surface area (Å²) in [5, 5.41) is 0. The van der Waals surface area contributed by atoms with Crippen LogP contribution in [-0.2, 0) is 4.79 Å². The quantitative estimate of drug-likeness (QED) is 0.535. The number of ketones is 1. The van der Waals surface area contributed by atoms with Gasteiger partial charge in [0.1, 0.15) is 5.78 Å². The standard InChI is InChI=1S/C13H20O/c1-2-11-6-4-3-5-8-13(11)9-7-12(14)10-13/h2H,3-10H2,1H3/b11-2-. The Balaban J connectivity index is 2.24. The minimum Gasteiger partial charge on any atom is -0.300 e. The molecule has 0 N–H and O–H groups in total. The van der Waals surface area contributed by atoms with E-state index in [-0.39, 0.29) is 0 Å². The minimum atomic E-state index is 0.308. The molecule has 0 bridgehead atoms. The highest BCUT2D eigenvalue weighted by Gasteiger charge is 2.40. The molecule has 0 amide bonds. The predicted octanol–water partition coefficient (Wildman–Crippen LogP) is 3.64. The van der Waals surface area contributed by atoms with Crippen molar-refractivity contribution in [3.05, 3.63) is 11.6 Å². The van der Waals surface area contributed by atoms with Gasteiger partial charge in [-0.1, -0.05) is 24.5 Å². The highest BCUT2D eigenvalue weighted by Crippen LogP contribution is 2.49. The molecule has 0 aromatic heterocycles. The van der Waals surface area contributed by atoms with Gasteiger partial charge in [-0.15, -0.1) is 0 Å². The van der Waals surface area contributed by atoms with Crippen LogP contribution in [0, 0.1) is 5.41 Å². The van der Waals surface area contributed by atoms with Crippen molar-refractivity contribution in [3.63, 3.8) is 0 Å². The molecule has 0 saturated heterocycles. The summed E-state index contributed by atoms with van der Waals surface area (Å²) < 4.78 is 0. The van der Waals surface area contributed by atoms with Gasteiger partial charge >= 0.3 is 0 Å². The second-order valence-corrected chi connectivity index (χ2v) is 4.87. The molecule has 2 rings (SSSR count). The van der Waals surface area contributed by atoms with Gasteiger partial charge in [-0.05, 0) is 38.0 Å². The van der Waals surface area contributed by atoms with Crippen molar-refractivity contribution in [1.82, 2.24) is 0 Å².